The van der Waals surface area contributed by atoms with Crippen molar-refractivity contribution in [1.29, 1.82) is 0 Å². The van der Waals surface area contributed by atoms with E-state index in [4.69, 9.17) is 5.73 Å². The molecular formula is C13H12BrN3O3S. The van der Waals surface area contributed by atoms with Gasteiger partial charge in [0.2, 0.25) is 15.7 Å². The van der Waals surface area contributed by atoms with Crippen LogP contribution in [0.2, 0.25) is 0 Å². The zero-order valence-corrected chi connectivity index (χ0v) is 13.2. The lowest BCUT2D eigenvalue weighted by Gasteiger charge is -2.07. The maximum atomic E-state index is 12.1. The molecule has 0 radical (unpaired) electrons. The van der Waals surface area contributed by atoms with Crippen LogP contribution in [0.25, 0.3) is 0 Å². The molecule has 0 saturated carbocycles. The van der Waals surface area contributed by atoms with E-state index in [9.17, 15) is 13.2 Å². The Morgan fingerprint density at radius 2 is 1.90 bits per heavy atom. The molecule has 2 rings (SSSR count). The Morgan fingerprint density at radius 1 is 1.24 bits per heavy atom. The highest BCUT2D eigenvalue weighted by molar-refractivity contribution is 9.10. The lowest BCUT2D eigenvalue weighted by Crippen LogP contribution is -2.24. The lowest BCUT2D eigenvalue weighted by atomic mass is 10.3. The Labute approximate surface area is 130 Å². The highest BCUT2D eigenvalue weighted by Crippen LogP contribution is 2.17. The van der Waals surface area contributed by atoms with Gasteiger partial charge in [-0.1, -0.05) is 15.9 Å². The lowest BCUT2D eigenvalue weighted by molar-refractivity contribution is -0.113. The number of aromatic nitrogens is 1. The van der Waals surface area contributed by atoms with Gasteiger partial charge in [0.25, 0.3) is 0 Å². The van der Waals surface area contributed by atoms with E-state index in [0.717, 1.165) is 4.47 Å². The minimum atomic E-state index is -3.88. The fourth-order valence-corrected chi connectivity index (χ4v) is 3.10. The second-order valence-corrected chi connectivity index (χ2v) is 7.03. The van der Waals surface area contributed by atoms with E-state index >= 15 is 0 Å². The van der Waals surface area contributed by atoms with Crippen molar-refractivity contribution in [2.24, 2.45) is 0 Å². The average Bonchev–Trinajstić information content (AvgIpc) is 2.41. The highest BCUT2D eigenvalue weighted by atomic mass is 79.9. The smallest absolute Gasteiger partial charge is 0.240 e. The number of hydrogen-bond donors (Lipinski definition) is 2. The van der Waals surface area contributed by atoms with Crippen LogP contribution in [0.3, 0.4) is 0 Å². The zero-order chi connectivity index (χ0) is 15.5. The Kier molecular flexibility index (Phi) is 4.59. The zero-order valence-electron chi connectivity index (χ0n) is 10.8. The fraction of sp³-hybridized carbons (Fsp3) is 0.0769. The van der Waals surface area contributed by atoms with E-state index in [-0.39, 0.29) is 10.7 Å². The number of carbonyl (C=O) groups is 1. The maximum Gasteiger partial charge on any atom is 0.240 e. The summed E-state index contributed by atoms with van der Waals surface area (Å²) in [5.74, 6) is -1.37. The molecule has 3 N–H and O–H groups in total. The first-order valence-electron chi connectivity index (χ1n) is 5.87. The number of sulfone groups is 1. The van der Waals surface area contributed by atoms with Gasteiger partial charge in [0.1, 0.15) is 5.75 Å². The minimum absolute atomic E-state index is 0.0222. The fourth-order valence-electron chi connectivity index (χ4n) is 1.63. The number of nitrogen functional groups attached to an aromatic ring is 1. The van der Waals surface area contributed by atoms with Crippen LogP contribution in [-0.2, 0) is 14.6 Å². The van der Waals surface area contributed by atoms with Gasteiger partial charge in [-0.25, -0.2) is 13.4 Å². The van der Waals surface area contributed by atoms with Crippen LogP contribution in [0.5, 0.6) is 0 Å². The normalized spacial score (nSPS) is 11.1. The second-order valence-electron chi connectivity index (χ2n) is 4.21. The van der Waals surface area contributed by atoms with Crippen LogP contribution in [0.1, 0.15) is 0 Å². The molecule has 0 unspecified atom stereocenters. The first kappa shape index (κ1) is 15.5. The second kappa shape index (κ2) is 6.23. The molecule has 0 spiro atoms. The van der Waals surface area contributed by atoms with Crippen LogP contribution >= 0.6 is 15.9 Å². The van der Waals surface area contributed by atoms with Gasteiger partial charge in [0.05, 0.1) is 5.69 Å². The largest absolute Gasteiger partial charge is 0.396 e. The number of halogens is 1. The number of nitrogens with one attached hydrogen (secondary N) is 1. The average molecular weight is 370 g/mol. The number of nitrogens with zero attached hydrogens (tertiary/aromatic N) is 1. The van der Waals surface area contributed by atoms with Gasteiger partial charge in [-0.3, -0.25) is 4.79 Å². The molecule has 0 bridgehead atoms. The number of anilines is 2. The number of hydrogen-bond acceptors (Lipinski definition) is 5. The van der Waals surface area contributed by atoms with Gasteiger partial charge in [-0.15, -0.1) is 0 Å². The van der Waals surface area contributed by atoms with E-state index in [1.807, 2.05) is 0 Å². The highest BCUT2D eigenvalue weighted by Gasteiger charge is 2.23. The number of pyridine rings is 1. The monoisotopic (exact) mass is 369 g/mol. The molecule has 1 aromatic carbocycles. The van der Waals surface area contributed by atoms with Crippen molar-refractivity contribution in [3.63, 3.8) is 0 Å². The summed E-state index contributed by atoms with van der Waals surface area (Å²) in [5.41, 5.74) is 6.10. The van der Waals surface area contributed by atoms with E-state index in [1.165, 1.54) is 18.3 Å². The first-order valence-corrected chi connectivity index (χ1v) is 8.32. The molecule has 21 heavy (non-hydrogen) atoms. The molecule has 8 heteroatoms. The molecule has 0 fully saturated rings. The number of rotatable bonds is 4. The molecule has 1 amide bonds. The van der Waals surface area contributed by atoms with Crippen molar-refractivity contribution in [3.8, 4) is 0 Å². The Bertz CT molecular complexity index is 760. The van der Waals surface area contributed by atoms with E-state index in [0.29, 0.717) is 5.69 Å². The molecule has 2 aromatic rings. The third-order valence-electron chi connectivity index (χ3n) is 2.54. The maximum absolute atomic E-state index is 12.1. The molecule has 0 atom stereocenters. The van der Waals surface area contributed by atoms with Crippen molar-refractivity contribution in [1.82, 2.24) is 4.98 Å². The molecule has 1 heterocycles. The van der Waals surface area contributed by atoms with Crippen LogP contribution in [0, 0.1) is 0 Å². The molecule has 6 nitrogen and oxygen atoms in total. The molecule has 0 aliphatic carbocycles. The molecule has 1 aromatic heterocycles. The van der Waals surface area contributed by atoms with Gasteiger partial charge < -0.3 is 11.1 Å². The van der Waals surface area contributed by atoms with Crippen molar-refractivity contribution in [3.05, 3.63) is 47.1 Å². The first-order chi connectivity index (χ1) is 9.88. The van der Waals surface area contributed by atoms with E-state index < -0.39 is 21.5 Å². The van der Waals surface area contributed by atoms with Crippen molar-refractivity contribution >= 4 is 43.0 Å². The van der Waals surface area contributed by atoms with Crippen LogP contribution < -0.4 is 11.1 Å². The van der Waals surface area contributed by atoms with Crippen LogP contribution in [-0.4, -0.2) is 25.1 Å². The van der Waals surface area contributed by atoms with Gasteiger partial charge in [0.15, 0.2) is 5.03 Å². The predicted octanol–water partition coefficient (Wildman–Crippen LogP) is 1.84. The summed E-state index contributed by atoms with van der Waals surface area (Å²) >= 11 is 3.27. The van der Waals surface area contributed by atoms with Crippen molar-refractivity contribution in [2.75, 3.05) is 16.8 Å². The molecule has 0 aliphatic rings. The molecule has 0 saturated heterocycles. The molecule has 0 aliphatic heterocycles. The summed E-state index contributed by atoms with van der Waals surface area (Å²) in [4.78, 5) is 15.5. The summed E-state index contributed by atoms with van der Waals surface area (Å²) in [6.07, 6.45) is 1.32. The quantitative estimate of drug-likeness (QED) is 0.855. The minimum Gasteiger partial charge on any atom is -0.396 e. The Hall–Kier alpha value is -1.93. The van der Waals surface area contributed by atoms with Crippen LogP contribution in [0.15, 0.2) is 52.1 Å². The third kappa shape index (κ3) is 4.02. The van der Waals surface area contributed by atoms with Crippen molar-refractivity contribution in [2.45, 2.75) is 5.03 Å². The summed E-state index contributed by atoms with van der Waals surface area (Å²) in [6.45, 7) is 0. The van der Waals surface area contributed by atoms with Gasteiger partial charge in [-0.2, -0.15) is 0 Å². The van der Waals surface area contributed by atoms with Crippen molar-refractivity contribution < 1.29 is 13.2 Å². The van der Waals surface area contributed by atoms with Gasteiger partial charge in [0, 0.05) is 16.4 Å². The Balaban J connectivity index is 2.12. The topological polar surface area (TPSA) is 102 Å². The van der Waals surface area contributed by atoms with Crippen LogP contribution in [0.4, 0.5) is 11.4 Å². The summed E-state index contributed by atoms with van der Waals surface area (Å²) in [5, 5.41) is 2.23. The number of carbonyl (C=O) groups excluding carboxylic acids is 1. The number of nitrogens with two attached hydrogens (primary N) is 1. The third-order valence-corrected chi connectivity index (χ3v) is 4.65. The SMILES string of the molecule is Nc1cccnc1S(=O)(=O)CC(=O)Nc1ccc(Br)cc1. The Morgan fingerprint density at radius 3 is 2.52 bits per heavy atom. The van der Waals surface area contributed by atoms with E-state index in [2.05, 4.69) is 26.2 Å². The predicted molar refractivity (Wildman–Crippen MR) is 83.5 cm³/mol. The van der Waals surface area contributed by atoms with E-state index in [1.54, 1.807) is 24.3 Å². The molecule has 110 valence electrons. The molecular weight excluding hydrogens is 358 g/mol. The number of benzene rings is 1. The van der Waals surface area contributed by atoms with Gasteiger partial charge >= 0.3 is 0 Å². The summed E-state index contributed by atoms with van der Waals surface area (Å²) < 4.78 is 25.0. The standard InChI is InChI=1S/C13H12BrN3O3S/c14-9-3-5-10(6-4-9)17-12(18)8-21(19,20)13-11(15)2-1-7-16-13/h1-7H,8,15H2,(H,17,18). The summed E-state index contributed by atoms with van der Waals surface area (Å²) in [6, 6.07) is 9.73. The number of amides is 1. The summed E-state index contributed by atoms with van der Waals surface area (Å²) in [7, 11) is -3.88. The van der Waals surface area contributed by atoms with Gasteiger partial charge in [-0.05, 0) is 36.4 Å².